The van der Waals surface area contributed by atoms with Crippen molar-refractivity contribution in [3.63, 3.8) is 0 Å². The highest BCUT2D eigenvalue weighted by molar-refractivity contribution is 6.10. The van der Waals surface area contributed by atoms with Crippen LogP contribution in [0.15, 0.2) is 231 Å². The lowest BCUT2D eigenvalue weighted by molar-refractivity contribution is 1.18. The second-order valence-corrected chi connectivity index (χ2v) is 14.2. The summed E-state index contributed by atoms with van der Waals surface area (Å²) >= 11 is 0. The number of benzene rings is 9. The van der Waals surface area contributed by atoms with Crippen LogP contribution < -0.4 is 4.90 Å². The molecular formula is C54H38N2. The first-order chi connectivity index (χ1) is 27.8. The van der Waals surface area contributed by atoms with Crippen molar-refractivity contribution in [3.8, 4) is 50.2 Å². The Hall–Kier alpha value is -7.42. The van der Waals surface area contributed by atoms with E-state index in [2.05, 4.69) is 240 Å². The molecule has 0 atom stereocenters. The van der Waals surface area contributed by atoms with E-state index in [1.165, 1.54) is 66.3 Å². The van der Waals surface area contributed by atoms with Crippen LogP contribution in [0, 0.1) is 0 Å². The maximum atomic E-state index is 2.40. The summed E-state index contributed by atoms with van der Waals surface area (Å²) in [6.45, 7) is 0. The maximum absolute atomic E-state index is 2.40. The summed E-state index contributed by atoms with van der Waals surface area (Å²) in [4.78, 5) is 2.34. The number of para-hydroxylation sites is 1. The lowest BCUT2D eigenvalue weighted by Gasteiger charge is -2.26. The van der Waals surface area contributed by atoms with Gasteiger partial charge in [-0.3, -0.25) is 0 Å². The summed E-state index contributed by atoms with van der Waals surface area (Å²) in [5, 5.41) is 2.52. The Morgan fingerprint density at radius 1 is 0.250 bits per heavy atom. The van der Waals surface area contributed by atoms with Crippen molar-refractivity contribution in [3.05, 3.63) is 231 Å². The van der Waals surface area contributed by atoms with Crippen molar-refractivity contribution >= 4 is 38.9 Å². The van der Waals surface area contributed by atoms with Gasteiger partial charge in [0.2, 0.25) is 0 Å². The van der Waals surface area contributed by atoms with E-state index in [4.69, 9.17) is 0 Å². The molecule has 1 heterocycles. The molecule has 0 aliphatic carbocycles. The molecule has 0 bridgehead atoms. The predicted octanol–water partition coefficient (Wildman–Crippen LogP) is 14.9. The molecule has 0 aliphatic heterocycles. The number of hydrogen-bond donors (Lipinski definition) is 0. The third-order valence-electron chi connectivity index (χ3n) is 10.8. The van der Waals surface area contributed by atoms with E-state index in [1.54, 1.807) is 0 Å². The zero-order valence-corrected chi connectivity index (χ0v) is 30.8. The Balaban J connectivity index is 0.990. The van der Waals surface area contributed by atoms with Gasteiger partial charge in [0.05, 0.1) is 11.0 Å². The predicted molar refractivity (Wildman–Crippen MR) is 237 cm³/mol. The zero-order chi connectivity index (χ0) is 37.3. The summed E-state index contributed by atoms with van der Waals surface area (Å²) < 4.78 is 2.40. The molecule has 10 aromatic rings. The number of aromatic nitrogens is 1. The quantitative estimate of drug-likeness (QED) is 0.152. The molecule has 2 nitrogen and oxygen atoms in total. The number of hydrogen-bond acceptors (Lipinski definition) is 1. The first-order valence-corrected chi connectivity index (χ1v) is 19.2. The van der Waals surface area contributed by atoms with Gasteiger partial charge >= 0.3 is 0 Å². The Kier molecular flexibility index (Phi) is 8.55. The summed E-state index contributed by atoms with van der Waals surface area (Å²) in [6.07, 6.45) is 0. The van der Waals surface area contributed by atoms with Crippen LogP contribution in [0.2, 0.25) is 0 Å². The molecule has 10 rings (SSSR count). The third kappa shape index (κ3) is 6.24. The highest BCUT2D eigenvalue weighted by Crippen LogP contribution is 2.39. The topological polar surface area (TPSA) is 8.17 Å². The number of fused-ring (bicyclic) bond motifs is 3. The number of nitrogens with zero attached hydrogens (tertiary/aromatic N) is 2. The molecule has 9 aromatic carbocycles. The zero-order valence-electron chi connectivity index (χ0n) is 30.8. The first-order valence-electron chi connectivity index (χ1n) is 19.2. The van der Waals surface area contributed by atoms with Gasteiger partial charge in [-0.2, -0.15) is 0 Å². The molecule has 0 saturated heterocycles. The van der Waals surface area contributed by atoms with Crippen LogP contribution in [0.5, 0.6) is 0 Å². The largest absolute Gasteiger partial charge is 0.311 e. The first kappa shape index (κ1) is 33.2. The summed E-state index contributed by atoms with van der Waals surface area (Å²) in [6, 6.07) is 82.9. The molecule has 56 heavy (non-hydrogen) atoms. The molecule has 0 fully saturated rings. The van der Waals surface area contributed by atoms with Crippen molar-refractivity contribution in [2.45, 2.75) is 0 Å². The molecule has 0 spiro atoms. The Bertz CT molecular complexity index is 2810. The van der Waals surface area contributed by atoms with Gasteiger partial charge in [-0.25, -0.2) is 0 Å². The van der Waals surface area contributed by atoms with Gasteiger partial charge < -0.3 is 9.47 Å². The molecule has 0 N–H and O–H groups in total. The Morgan fingerprint density at radius 3 is 1.05 bits per heavy atom. The minimum atomic E-state index is 1.10. The fourth-order valence-corrected chi connectivity index (χ4v) is 7.98. The van der Waals surface area contributed by atoms with Crippen molar-refractivity contribution < 1.29 is 0 Å². The van der Waals surface area contributed by atoms with E-state index < -0.39 is 0 Å². The van der Waals surface area contributed by atoms with Crippen LogP contribution in [0.1, 0.15) is 0 Å². The van der Waals surface area contributed by atoms with Crippen LogP contribution in [-0.2, 0) is 0 Å². The van der Waals surface area contributed by atoms with Crippen LogP contribution in [0.25, 0.3) is 72.0 Å². The van der Waals surface area contributed by atoms with Crippen LogP contribution in [0.4, 0.5) is 17.1 Å². The van der Waals surface area contributed by atoms with Crippen LogP contribution in [0.3, 0.4) is 0 Å². The highest BCUT2D eigenvalue weighted by Gasteiger charge is 2.16. The molecule has 0 amide bonds. The molecule has 0 aliphatic rings. The van der Waals surface area contributed by atoms with Gasteiger partial charge in [-0.05, 0) is 105 Å². The number of rotatable bonds is 8. The highest BCUT2D eigenvalue weighted by atomic mass is 15.1. The fourth-order valence-electron chi connectivity index (χ4n) is 7.98. The molecule has 0 saturated carbocycles. The summed E-state index contributed by atoms with van der Waals surface area (Å²) in [7, 11) is 0. The normalized spacial score (nSPS) is 11.2. The fraction of sp³-hybridized carbons (Fsp3) is 0. The van der Waals surface area contributed by atoms with Crippen LogP contribution in [-0.4, -0.2) is 4.57 Å². The van der Waals surface area contributed by atoms with Crippen molar-refractivity contribution in [1.82, 2.24) is 4.57 Å². The van der Waals surface area contributed by atoms with E-state index in [9.17, 15) is 0 Å². The van der Waals surface area contributed by atoms with E-state index in [-0.39, 0.29) is 0 Å². The van der Waals surface area contributed by atoms with Crippen molar-refractivity contribution in [2.24, 2.45) is 0 Å². The van der Waals surface area contributed by atoms with E-state index in [0.29, 0.717) is 0 Å². The SMILES string of the molecule is c1ccc(-c2ccc(N(c3ccc(-c4ccccc4)cc3)c3ccc(-c4ccc(-n5c6ccccc6c6ccc(-c7ccccc7)cc65)cc4)cc3)cc2)cc1. The van der Waals surface area contributed by atoms with Crippen molar-refractivity contribution in [2.75, 3.05) is 4.90 Å². The van der Waals surface area contributed by atoms with Crippen molar-refractivity contribution in [1.29, 1.82) is 0 Å². The molecular weight excluding hydrogens is 677 g/mol. The molecule has 264 valence electrons. The minimum Gasteiger partial charge on any atom is -0.311 e. The molecule has 0 unspecified atom stereocenters. The average Bonchev–Trinajstić information content (AvgIpc) is 3.62. The second-order valence-electron chi connectivity index (χ2n) is 14.2. The summed E-state index contributed by atoms with van der Waals surface area (Å²) in [5.74, 6) is 0. The molecule has 2 heteroatoms. The molecule has 0 radical (unpaired) electrons. The summed E-state index contributed by atoms with van der Waals surface area (Å²) in [5.41, 5.74) is 16.5. The van der Waals surface area contributed by atoms with Gasteiger partial charge in [0.25, 0.3) is 0 Å². The monoisotopic (exact) mass is 714 g/mol. The van der Waals surface area contributed by atoms with Gasteiger partial charge in [-0.15, -0.1) is 0 Å². The third-order valence-corrected chi connectivity index (χ3v) is 10.8. The van der Waals surface area contributed by atoms with Gasteiger partial charge in [0, 0.05) is 33.5 Å². The van der Waals surface area contributed by atoms with Gasteiger partial charge in [0.15, 0.2) is 0 Å². The second kappa shape index (κ2) is 14.4. The van der Waals surface area contributed by atoms with Gasteiger partial charge in [0.1, 0.15) is 0 Å². The molecule has 1 aromatic heterocycles. The van der Waals surface area contributed by atoms with E-state index in [0.717, 1.165) is 22.7 Å². The Labute approximate surface area is 327 Å². The maximum Gasteiger partial charge on any atom is 0.0547 e. The number of anilines is 3. The Morgan fingerprint density at radius 2 is 0.589 bits per heavy atom. The lowest BCUT2D eigenvalue weighted by Crippen LogP contribution is -2.09. The van der Waals surface area contributed by atoms with Crippen LogP contribution >= 0.6 is 0 Å². The van der Waals surface area contributed by atoms with Gasteiger partial charge in [-0.1, -0.05) is 170 Å². The standard InChI is InChI=1S/C54H38N2/c1-4-12-39(13-5-1)42-20-29-47(30-21-42)55(48-31-22-43(23-32-48)40-14-6-2-7-15-40)49-33-24-44(25-34-49)45-26-35-50(36-27-45)56-53-19-11-10-18-51(53)52-37-28-46(38-54(52)56)41-16-8-3-9-17-41/h1-38H. The van der Waals surface area contributed by atoms with E-state index >= 15 is 0 Å². The smallest absolute Gasteiger partial charge is 0.0547 e. The minimum absolute atomic E-state index is 1.10. The average molecular weight is 715 g/mol. The van der Waals surface area contributed by atoms with E-state index in [1.807, 2.05) is 0 Å². The lowest BCUT2D eigenvalue weighted by atomic mass is 10.0.